The van der Waals surface area contributed by atoms with Crippen LogP contribution in [0.25, 0.3) is 0 Å². The number of halogens is 1. The zero-order valence-electron chi connectivity index (χ0n) is 13.4. The number of aromatic nitrogens is 2. The fourth-order valence-electron chi connectivity index (χ4n) is 2.25. The maximum atomic E-state index is 12.1. The third-order valence-electron chi connectivity index (χ3n) is 3.45. The second-order valence-electron chi connectivity index (χ2n) is 5.07. The summed E-state index contributed by atoms with van der Waals surface area (Å²) in [5.74, 6) is 1.40. The number of rotatable bonds is 7. The molecule has 0 saturated carbocycles. The lowest BCUT2D eigenvalue weighted by Gasteiger charge is -2.18. The molecule has 124 valence electrons. The first-order chi connectivity index (χ1) is 11.0. The minimum Gasteiger partial charge on any atom is -0.497 e. The van der Waals surface area contributed by atoms with Gasteiger partial charge in [0, 0.05) is 24.7 Å². The van der Waals surface area contributed by atoms with Gasteiger partial charge in [-0.3, -0.25) is 9.48 Å². The van der Waals surface area contributed by atoms with Crippen molar-refractivity contribution in [3.8, 4) is 11.5 Å². The Morgan fingerprint density at radius 1 is 1.39 bits per heavy atom. The Kier molecular flexibility index (Phi) is 6.04. The number of nitrogens with one attached hydrogen (secondary N) is 1. The number of benzene rings is 1. The number of hydrogen-bond donors (Lipinski definition) is 1. The van der Waals surface area contributed by atoms with Crippen LogP contribution in [-0.4, -0.2) is 29.9 Å². The van der Waals surface area contributed by atoms with Gasteiger partial charge < -0.3 is 14.8 Å². The van der Waals surface area contributed by atoms with Crippen molar-refractivity contribution >= 4 is 21.8 Å². The van der Waals surface area contributed by atoms with Crippen molar-refractivity contribution in [1.82, 2.24) is 15.1 Å². The molecule has 1 atom stereocenters. The highest BCUT2D eigenvalue weighted by molar-refractivity contribution is 9.10. The molecule has 0 spiro atoms. The molecule has 0 fully saturated rings. The lowest BCUT2D eigenvalue weighted by molar-refractivity contribution is -0.122. The van der Waals surface area contributed by atoms with E-state index in [1.807, 2.05) is 31.3 Å². The number of ether oxygens (including phenoxy) is 2. The standard InChI is InChI=1S/C16H20BrN3O3/c1-11(14-8-13(22-2)4-5-15(14)23-3)19-16(21)6-7-20-10-12(17)9-18-20/h4-5,8-11H,6-7H2,1-3H3,(H,19,21). The summed E-state index contributed by atoms with van der Waals surface area (Å²) in [7, 11) is 3.21. The highest BCUT2D eigenvalue weighted by Crippen LogP contribution is 2.29. The maximum absolute atomic E-state index is 12.1. The lowest BCUT2D eigenvalue weighted by Crippen LogP contribution is -2.27. The zero-order valence-corrected chi connectivity index (χ0v) is 15.0. The second kappa shape index (κ2) is 8.01. The molecule has 1 heterocycles. The SMILES string of the molecule is COc1ccc(OC)c(C(C)NC(=O)CCn2cc(Br)cn2)c1. The number of aryl methyl sites for hydroxylation is 1. The molecule has 1 aromatic carbocycles. The Hall–Kier alpha value is -2.02. The summed E-state index contributed by atoms with van der Waals surface area (Å²) in [5.41, 5.74) is 0.877. The second-order valence-corrected chi connectivity index (χ2v) is 5.98. The topological polar surface area (TPSA) is 65.4 Å². The molecule has 0 radical (unpaired) electrons. The summed E-state index contributed by atoms with van der Waals surface area (Å²) in [5, 5.41) is 7.10. The fourth-order valence-corrected chi connectivity index (χ4v) is 2.57. The van der Waals surface area contributed by atoms with Crippen LogP contribution in [0.15, 0.2) is 35.1 Å². The molecule has 2 rings (SSSR count). The molecule has 0 bridgehead atoms. The van der Waals surface area contributed by atoms with Crippen molar-refractivity contribution in [3.05, 3.63) is 40.6 Å². The van der Waals surface area contributed by atoms with Gasteiger partial charge >= 0.3 is 0 Å². The van der Waals surface area contributed by atoms with Gasteiger partial charge in [-0.1, -0.05) is 0 Å². The van der Waals surface area contributed by atoms with Crippen LogP contribution in [-0.2, 0) is 11.3 Å². The normalized spacial score (nSPS) is 11.8. The minimum absolute atomic E-state index is 0.0472. The Morgan fingerprint density at radius 3 is 2.78 bits per heavy atom. The third-order valence-corrected chi connectivity index (χ3v) is 3.86. The van der Waals surface area contributed by atoms with Gasteiger partial charge in [-0.2, -0.15) is 5.10 Å². The smallest absolute Gasteiger partial charge is 0.222 e. The van der Waals surface area contributed by atoms with Crippen LogP contribution in [0.2, 0.25) is 0 Å². The molecule has 0 aliphatic carbocycles. The van der Waals surface area contributed by atoms with Gasteiger partial charge in [0.25, 0.3) is 0 Å². The molecular formula is C16H20BrN3O3. The van der Waals surface area contributed by atoms with Crippen molar-refractivity contribution in [3.63, 3.8) is 0 Å². The van der Waals surface area contributed by atoms with Crippen LogP contribution in [0.5, 0.6) is 11.5 Å². The van der Waals surface area contributed by atoms with E-state index in [0.717, 1.165) is 21.5 Å². The molecule has 1 N–H and O–H groups in total. The number of methoxy groups -OCH3 is 2. The van der Waals surface area contributed by atoms with Crippen molar-refractivity contribution in [1.29, 1.82) is 0 Å². The first kappa shape index (κ1) is 17.3. The Balaban J connectivity index is 1.97. The average Bonchev–Trinajstić information content (AvgIpc) is 2.97. The number of nitrogens with zero attached hydrogens (tertiary/aromatic N) is 2. The van der Waals surface area contributed by atoms with Crippen LogP contribution in [0.4, 0.5) is 0 Å². The summed E-state index contributed by atoms with van der Waals surface area (Å²) in [6.45, 7) is 2.44. The summed E-state index contributed by atoms with van der Waals surface area (Å²) in [6.07, 6.45) is 3.88. The first-order valence-corrected chi connectivity index (χ1v) is 8.02. The van der Waals surface area contributed by atoms with Crippen molar-refractivity contribution in [2.45, 2.75) is 25.9 Å². The van der Waals surface area contributed by atoms with E-state index in [-0.39, 0.29) is 11.9 Å². The highest BCUT2D eigenvalue weighted by Gasteiger charge is 2.15. The van der Waals surface area contributed by atoms with E-state index in [0.29, 0.717) is 13.0 Å². The summed E-state index contributed by atoms with van der Waals surface area (Å²) >= 11 is 3.33. The van der Waals surface area contributed by atoms with Gasteiger partial charge in [-0.15, -0.1) is 0 Å². The van der Waals surface area contributed by atoms with Crippen molar-refractivity contribution in [2.24, 2.45) is 0 Å². The molecule has 2 aromatic rings. The van der Waals surface area contributed by atoms with Gasteiger partial charge in [-0.25, -0.2) is 0 Å². The van der Waals surface area contributed by atoms with Gasteiger partial charge in [0.2, 0.25) is 5.91 Å². The highest BCUT2D eigenvalue weighted by atomic mass is 79.9. The molecule has 7 heteroatoms. The van der Waals surface area contributed by atoms with E-state index in [1.165, 1.54) is 0 Å². The monoisotopic (exact) mass is 381 g/mol. The molecule has 1 amide bonds. The molecule has 0 aliphatic heterocycles. The summed E-state index contributed by atoms with van der Waals surface area (Å²) in [6, 6.07) is 5.34. The first-order valence-electron chi connectivity index (χ1n) is 7.22. The van der Waals surface area contributed by atoms with E-state index in [2.05, 4.69) is 26.3 Å². The molecule has 23 heavy (non-hydrogen) atoms. The van der Waals surface area contributed by atoms with Gasteiger partial charge in [-0.05, 0) is 41.1 Å². The van der Waals surface area contributed by atoms with Gasteiger partial charge in [0.05, 0.1) is 30.9 Å². The predicted octanol–water partition coefficient (Wildman–Crippen LogP) is 2.93. The zero-order chi connectivity index (χ0) is 16.8. The summed E-state index contributed by atoms with van der Waals surface area (Å²) in [4.78, 5) is 12.1. The van der Waals surface area contributed by atoms with E-state index in [9.17, 15) is 4.79 Å². The van der Waals surface area contributed by atoms with Crippen LogP contribution in [0, 0.1) is 0 Å². The molecule has 0 aliphatic rings. The van der Waals surface area contributed by atoms with E-state index < -0.39 is 0 Å². The minimum atomic E-state index is -0.183. The van der Waals surface area contributed by atoms with Crippen LogP contribution in [0.1, 0.15) is 24.9 Å². The maximum Gasteiger partial charge on any atom is 0.222 e. The molecule has 1 aromatic heterocycles. The number of amides is 1. The van der Waals surface area contributed by atoms with E-state index in [4.69, 9.17) is 9.47 Å². The predicted molar refractivity (Wildman–Crippen MR) is 90.6 cm³/mol. The number of carbonyl (C=O) groups is 1. The fraction of sp³-hybridized carbons (Fsp3) is 0.375. The van der Waals surface area contributed by atoms with Crippen molar-refractivity contribution in [2.75, 3.05) is 14.2 Å². The number of carbonyl (C=O) groups excluding carboxylic acids is 1. The van der Waals surface area contributed by atoms with Crippen molar-refractivity contribution < 1.29 is 14.3 Å². The molecular weight excluding hydrogens is 362 g/mol. The van der Waals surface area contributed by atoms with Crippen LogP contribution >= 0.6 is 15.9 Å². The molecule has 0 saturated heterocycles. The quantitative estimate of drug-likeness (QED) is 0.800. The Bertz CT molecular complexity index is 672. The van der Waals surface area contributed by atoms with Gasteiger partial charge in [0.15, 0.2) is 0 Å². The molecule has 1 unspecified atom stereocenters. The third kappa shape index (κ3) is 4.72. The van der Waals surface area contributed by atoms with Gasteiger partial charge in [0.1, 0.15) is 11.5 Å². The van der Waals surface area contributed by atoms with Crippen LogP contribution in [0.3, 0.4) is 0 Å². The lowest BCUT2D eigenvalue weighted by atomic mass is 10.1. The molecule has 6 nitrogen and oxygen atoms in total. The van der Waals surface area contributed by atoms with E-state index >= 15 is 0 Å². The summed E-state index contributed by atoms with van der Waals surface area (Å²) < 4.78 is 13.2. The largest absolute Gasteiger partial charge is 0.497 e. The Morgan fingerprint density at radius 2 is 2.17 bits per heavy atom. The van der Waals surface area contributed by atoms with Crippen LogP contribution < -0.4 is 14.8 Å². The average molecular weight is 382 g/mol. The van der Waals surface area contributed by atoms with E-state index in [1.54, 1.807) is 25.1 Å². The number of hydrogen-bond acceptors (Lipinski definition) is 4. The Labute approximate surface area is 143 Å².